The summed E-state index contributed by atoms with van der Waals surface area (Å²) in [6.07, 6.45) is 10.7. The summed E-state index contributed by atoms with van der Waals surface area (Å²) in [6.45, 7) is 1.17. The molecule has 1 amide bonds. The highest BCUT2D eigenvalue weighted by Crippen LogP contribution is 2.19. The van der Waals surface area contributed by atoms with Crippen molar-refractivity contribution < 1.29 is 9.53 Å². The van der Waals surface area contributed by atoms with Crippen LogP contribution in [0.5, 0.6) is 0 Å². The fourth-order valence-corrected chi connectivity index (χ4v) is 2.81. The van der Waals surface area contributed by atoms with Crippen LogP contribution in [-0.4, -0.2) is 43.2 Å². The van der Waals surface area contributed by atoms with Crippen molar-refractivity contribution in [3.63, 3.8) is 0 Å². The highest BCUT2D eigenvalue weighted by molar-refractivity contribution is 7.98. The Morgan fingerprint density at radius 1 is 1.35 bits per heavy atom. The maximum absolute atomic E-state index is 11.7. The SMILES string of the molecule is CSCC[C@H](N)C(=O)NCCOC1CCCCCC1.Cl. The van der Waals surface area contributed by atoms with Crippen LogP contribution < -0.4 is 11.1 Å². The molecule has 20 heavy (non-hydrogen) atoms. The van der Waals surface area contributed by atoms with Crippen molar-refractivity contribution in [2.24, 2.45) is 5.73 Å². The Kier molecular flexibility index (Phi) is 12.8. The minimum absolute atomic E-state index is 0. The van der Waals surface area contributed by atoms with E-state index in [1.807, 2.05) is 6.26 Å². The fraction of sp³-hybridized carbons (Fsp3) is 0.929. The predicted octanol–water partition coefficient (Wildman–Crippen LogP) is 2.34. The van der Waals surface area contributed by atoms with Gasteiger partial charge in [-0.2, -0.15) is 11.8 Å². The minimum Gasteiger partial charge on any atom is -0.376 e. The van der Waals surface area contributed by atoms with Crippen molar-refractivity contribution in [3.05, 3.63) is 0 Å². The van der Waals surface area contributed by atoms with Crippen molar-refractivity contribution in [1.82, 2.24) is 5.32 Å². The smallest absolute Gasteiger partial charge is 0.237 e. The second kappa shape index (κ2) is 12.7. The first-order chi connectivity index (χ1) is 9.24. The lowest BCUT2D eigenvalue weighted by Gasteiger charge is -2.16. The largest absolute Gasteiger partial charge is 0.376 e. The van der Waals surface area contributed by atoms with Gasteiger partial charge in [0.15, 0.2) is 0 Å². The molecule has 0 spiro atoms. The molecule has 0 aromatic carbocycles. The molecule has 0 heterocycles. The van der Waals surface area contributed by atoms with Gasteiger partial charge in [0.05, 0.1) is 18.8 Å². The summed E-state index contributed by atoms with van der Waals surface area (Å²) in [6, 6.07) is -0.384. The third-order valence-corrected chi connectivity index (χ3v) is 4.17. The molecular weight excluding hydrogens is 296 g/mol. The van der Waals surface area contributed by atoms with Crippen LogP contribution in [0.25, 0.3) is 0 Å². The minimum atomic E-state index is -0.384. The molecule has 1 saturated carbocycles. The summed E-state index contributed by atoms with van der Waals surface area (Å²) >= 11 is 1.71. The van der Waals surface area contributed by atoms with Gasteiger partial charge in [0.25, 0.3) is 0 Å². The molecule has 0 aromatic rings. The molecule has 0 bridgehead atoms. The van der Waals surface area contributed by atoms with E-state index in [2.05, 4.69) is 5.32 Å². The third-order valence-electron chi connectivity index (χ3n) is 3.53. The van der Waals surface area contributed by atoms with Gasteiger partial charge in [-0.15, -0.1) is 12.4 Å². The van der Waals surface area contributed by atoms with Gasteiger partial charge < -0.3 is 15.8 Å². The fourth-order valence-electron chi connectivity index (χ4n) is 2.32. The average molecular weight is 325 g/mol. The molecule has 0 aliphatic heterocycles. The zero-order chi connectivity index (χ0) is 13.9. The van der Waals surface area contributed by atoms with Gasteiger partial charge in [0, 0.05) is 6.54 Å². The molecule has 0 aromatic heterocycles. The molecule has 0 unspecified atom stereocenters. The number of amides is 1. The molecule has 1 atom stereocenters. The number of thioether (sulfide) groups is 1. The highest BCUT2D eigenvalue weighted by atomic mass is 35.5. The van der Waals surface area contributed by atoms with Crippen LogP contribution in [0, 0.1) is 0 Å². The number of nitrogens with one attached hydrogen (secondary N) is 1. The summed E-state index contributed by atoms with van der Waals surface area (Å²) < 4.78 is 5.81. The first-order valence-corrected chi connectivity index (χ1v) is 8.77. The van der Waals surface area contributed by atoms with E-state index in [-0.39, 0.29) is 24.4 Å². The Morgan fingerprint density at radius 2 is 2.00 bits per heavy atom. The van der Waals surface area contributed by atoms with Crippen LogP contribution >= 0.6 is 24.2 Å². The maximum Gasteiger partial charge on any atom is 0.237 e. The van der Waals surface area contributed by atoms with Gasteiger partial charge in [0.1, 0.15) is 0 Å². The van der Waals surface area contributed by atoms with Crippen molar-refractivity contribution in [2.45, 2.75) is 57.1 Å². The molecule has 3 N–H and O–H groups in total. The molecule has 1 aliphatic rings. The van der Waals surface area contributed by atoms with Crippen LogP contribution in [0.1, 0.15) is 44.9 Å². The molecule has 1 aliphatic carbocycles. The Bertz CT molecular complexity index is 249. The number of halogens is 1. The molecule has 4 nitrogen and oxygen atoms in total. The van der Waals surface area contributed by atoms with Gasteiger partial charge in [0.2, 0.25) is 5.91 Å². The summed E-state index contributed by atoms with van der Waals surface area (Å²) in [5.41, 5.74) is 5.78. The molecular formula is C14H29ClN2O2S. The van der Waals surface area contributed by atoms with Gasteiger partial charge in [-0.25, -0.2) is 0 Å². The van der Waals surface area contributed by atoms with Crippen molar-refractivity contribution in [2.75, 3.05) is 25.2 Å². The van der Waals surface area contributed by atoms with Gasteiger partial charge >= 0.3 is 0 Å². The van der Waals surface area contributed by atoms with Gasteiger partial charge in [-0.3, -0.25) is 4.79 Å². The normalized spacial score (nSPS) is 17.9. The molecule has 120 valence electrons. The Hall–Kier alpha value is 0.0300. The van der Waals surface area contributed by atoms with E-state index in [4.69, 9.17) is 10.5 Å². The first kappa shape index (κ1) is 20.0. The van der Waals surface area contributed by atoms with Crippen LogP contribution in [-0.2, 0) is 9.53 Å². The van der Waals surface area contributed by atoms with E-state index in [9.17, 15) is 4.79 Å². The maximum atomic E-state index is 11.7. The molecule has 0 saturated heterocycles. The van der Waals surface area contributed by atoms with Crippen LogP contribution in [0.2, 0.25) is 0 Å². The molecule has 1 rings (SSSR count). The lowest BCUT2D eigenvalue weighted by molar-refractivity contribution is -0.122. The Balaban J connectivity index is 0.00000361. The van der Waals surface area contributed by atoms with Gasteiger partial charge in [-0.1, -0.05) is 25.7 Å². The van der Waals surface area contributed by atoms with E-state index in [1.165, 1.54) is 38.5 Å². The Labute approximate surface area is 133 Å². The third kappa shape index (κ3) is 9.06. The van der Waals surface area contributed by atoms with Crippen molar-refractivity contribution >= 4 is 30.1 Å². The highest BCUT2D eigenvalue weighted by Gasteiger charge is 2.14. The molecule has 1 fully saturated rings. The number of carbonyl (C=O) groups is 1. The van der Waals surface area contributed by atoms with Crippen LogP contribution in [0.15, 0.2) is 0 Å². The number of hydrogen-bond donors (Lipinski definition) is 2. The quantitative estimate of drug-likeness (QED) is 0.531. The molecule has 0 radical (unpaired) electrons. The number of hydrogen-bond acceptors (Lipinski definition) is 4. The van der Waals surface area contributed by atoms with E-state index >= 15 is 0 Å². The van der Waals surface area contributed by atoms with Gasteiger partial charge in [-0.05, 0) is 31.3 Å². The zero-order valence-electron chi connectivity index (χ0n) is 12.4. The second-order valence-electron chi connectivity index (χ2n) is 5.16. The standard InChI is InChI=1S/C14H28N2O2S.ClH/c1-19-11-8-13(15)14(17)16-9-10-18-12-6-4-2-3-5-7-12;/h12-13H,2-11,15H2,1H3,(H,16,17);1H/t13-;/m0./s1. The van der Waals surface area contributed by atoms with E-state index < -0.39 is 0 Å². The first-order valence-electron chi connectivity index (χ1n) is 7.38. The monoisotopic (exact) mass is 324 g/mol. The average Bonchev–Trinajstić information content (AvgIpc) is 2.69. The van der Waals surface area contributed by atoms with Crippen molar-refractivity contribution in [3.8, 4) is 0 Å². The van der Waals surface area contributed by atoms with Crippen LogP contribution in [0.4, 0.5) is 0 Å². The topological polar surface area (TPSA) is 64.4 Å². The number of nitrogens with two attached hydrogens (primary N) is 1. The van der Waals surface area contributed by atoms with E-state index in [1.54, 1.807) is 11.8 Å². The van der Waals surface area contributed by atoms with Crippen LogP contribution in [0.3, 0.4) is 0 Å². The number of carbonyl (C=O) groups excluding carboxylic acids is 1. The lowest BCUT2D eigenvalue weighted by Crippen LogP contribution is -2.42. The summed E-state index contributed by atoms with van der Waals surface area (Å²) in [7, 11) is 0. The van der Waals surface area contributed by atoms with E-state index in [0.717, 1.165) is 12.2 Å². The lowest BCUT2D eigenvalue weighted by atomic mass is 10.1. The van der Waals surface area contributed by atoms with E-state index in [0.29, 0.717) is 19.3 Å². The number of rotatable bonds is 8. The Morgan fingerprint density at radius 3 is 2.60 bits per heavy atom. The number of ether oxygens (including phenoxy) is 1. The summed E-state index contributed by atoms with van der Waals surface area (Å²) in [4.78, 5) is 11.7. The summed E-state index contributed by atoms with van der Waals surface area (Å²) in [5.74, 6) is 0.867. The second-order valence-corrected chi connectivity index (χ2v) is 6.15. The van der Waals surface area contributed by atoms with Crippen molar-refractivity contribution in [1.29, 1.82) is 0 Å². The zero-order valence-corrected chi connectivity index (χ0v) is 14.1. The summed E-state index contributed by atoms with van der Waals surface area (Å²) in [5, 5.41) is 2.85. The molecule has 6 heteroatoms. The predicted molar refractivity (Wildman–Crippen MR) is 88.7 cm³/mol.